The molecular formula is C13H15FN2O2. The predicted molar refractivity (Wildman–Crippen MR) is 65.5 cm³/mol. The van der Waals surface area contributed by atoms with Crippen molar-refractivity contribution in [2.24, 2.45) is 5.92 Å². The molecule has 1 saturated heterocycles. The highest BCUT2D eigenvalue weighted by Crippen LogP contribution is 2.19. The fourth-order valence-corrected chi connectivity index (χ4v) is 1.95. The Kier molecular flexibility index (Phi) is 3.32. The van der Waals surface area contributed by atoms with Gasteiger partial charge < -0.3 is 10.2 Å². The van der Waals surface area contributed by atoms with Gasteiger partial charge in [-0.05, 0) is 30.7 Å². The number of benzene rings is 1. The number of nitrogens with zero attached hydrogens (tertiary/aromatic N) is 1. The number of carbonyl (C=O) groups excluding carboxylic acids is 2. The molecule has 0 atom stereocenters. The number of anilines is 1. The molecule has 1 aliphatic heterocycles. The van der Waals surface area contributed by atoms with Gasteiger partial charge in [0.15, 0.2) is 0 Å². The summed E-state index contributed by atoms with van der Waals surface area (Å²) in [7, 11) is 0. The first kappa shape index (κ1) is 12.5. The lowest BCUT2D eigenvalue weighted by atomic mass is 9.99. The second kappa shape index (κ2) is 4.76. The Morgan fingerprint density at radius 3 is 2.56 bits per heavy atom. The molecule has 5 heteroatoms. The third-order valence-electron chi connectivity index (χ3n) is 3.01. The molecule has 96 valence electrons. The summed E-state index contributed by atoms with van der Waals surface area (Å²) in [5.41, 5.74) is 1.21. The van der Waals surface area contributed by atoms with Gasteiger partial charge in [-0.3, -0.25) is 9.59 Å². The van der Waals surface area contributed by atoms with Crippen molar-refractivity contribution in [2.75, 3.05) is 18.4 Å². The highest BCUT2D eigenvalue weighted by molar-refractivity contribution is 5.94. The van der Waals surface area contributed by atoms with Gasteiger partial charge in [0.25, 0.3) is 0 Å². The third-order valence-corrected chi connectivity index (χ3v) is 3.01. The van der Waals surface area contributed by atoms with Crippen LogP contribution in [-0.4, -0.2) is 29.8 Å². The van der Waals surface area contributed by atoms with Crippen molar-refractivity contribution >= 4 is 17.5 Å². The van der Waals surface area contributed by atoms with Gasteiger partial charge in [0.05, 0.1) is 5.92 Å². The van der Waals surface area contributed by atoms with E-state index in [2.05, 4.69) is 5.32 Å². The van der Waals surface area contributed by atoms with Gasteiger partial charge >= 0.3 is 0 Å². The Morgan fingerprint density at radius 1 is 1.33 bits per heavy atom. The van der Waals surface area contributed by atoms with E-state index >= 15 is 0 Å². The van der Waals surface area contributed by atoms with E-state index in [-0.39, 0.29) is 23.5 Å². The minimum atomic E-state index is -0.371. The summed E-state index contributed by atoms with van der Waals surface area (Å²) >= 11 is 0. The number of likely N-dealkylation sites (tertiary alicyclic amines) is 1. The van der Waals surface area contributed by atoms with Gasteiger partial charge in [0.1, 0.15) is 5.82 Å². The first-order valence-electron chi connectivity index (χ1n) is 5.79. The Labute approximate surface area is 105 Å². The van der Waals surface area contributed by atoms with Crippen LogP contribution in [-0.2, 0) is 9.59 Å². The van der Waals surface area contributed by atoms with Gasteiger partial charge in [-0.2, -0.15) is 0 Å². The molecule has 0 radical (unpaired) electrons. The number of aryl methyl sites for hydroxylation is 1. The van der Waals surface area contributed by atoms with Crippen LogP contribution in [0.5, 0.6) is 0 Å². The van der Waals surface area contributed by atoms with Crippen molar-refractivity contribution in [3.63, 3.8) is 0 Å². The average Bonchev–Trinajstić information content (AvgIpc) is 2.11. The van der Waals surface area contributed by atoms with Crippen molar-refractivity contribution in [1.29, 1.82) is 0 Å². The Bertz CT molecular complexity index is 476. The van der Waals surface area contributed by atoms with Gasteiger partial charge in [-0.25, -0.2) is 4.39 Å². The number of carbonyl (C=O) groups is 2. The molecule has 0 saturated carbocycles. The summed E-state index contributed by atoms with van der Waals surface area (Å²) in [5.74, 6) is -0.764. The van der Waals surface area contributed by atoms with Crippen LogP contribution in [0, 0.1) is 18.7 Å². The van der Waals surface area contributed by atoms with Crippen LogP contribution in [0.2, 0.25) is 0 Å². The molecule has 0 aromatic heterocycles. The highest BCUT2D eigenvalue weighted by atomic mass is 19.1. The Morgan fingerprint density at radius 2 is 2.00 bits per heavy atom. The van der Waals surface area contributed by atoms with E-state index in [0.29, 0.717) is 18.8 Å². The van der Waals surface area contributed by atoms with Crippen LogP contribution >= 0.6 is 0 Å². The summed E-state index contributed by atoms with van der Waals surface area (Å²) in [6.07, 6.45) is 0. The van der Waals surface area contributed by atoms with Crippen molar-refractivity contribution in [3.8, 4) is 0 Å². The molecular weight excluding hydrogens is 235 g/mol. The minimum Gasteiger partial charge on any atom is -0.341 e. The largest absolute Gasteiger partial charge is 0.341 e. The summed E-state index contributed by atoms with van der Waals surface area (Å²) < 4.78 is 13.1. The number of nitrogens with one attached hydrogen (secondary N) is 1. The molecule has 0 bridgehead atoms. The number of amides is 2. The van der Waals surface area contributed by atoms with Gasteiger partial charge in [-0.1, -0.05) is 0 Å². The van der Waals surface area contributed by atoms with Crippen molar-refractivity contribution < 1.29 is 14.0 Å². The molecule has 18 heavy (non-hydrogen) atoms. The quantitative estimate of drug-likeness (QED) is 0.865. The summed E-state index contributed by atoms with van der Waals surface area (Å²) in [5, 5.41) is 2.67. The highest BCUT2D eigenvalue weighted by Gasteiger charge is 2.34. The van der Waals surface area contributed by atoms with Gasteiger partial charge in [0.2, 0.25) is 11.8 Å². The van der Waals surface area contributed by atoms with Crippen LogP contribution in [0.4, 0.5) is 10.1 Å². The Balaban J connectivity index is 1.94. The van der Waals surface area contributed by atoms with Gasteiger partial charge in [-0.15, -0.1) is 0 Å². The van der Waals surface area contributed by atoms with E-state index in [4.69, 9.17) is 0 Å². The number of hydrogen-bond donors (Lipinski definition) is 1. The molecule has 1 fully saturated rings. The van der Waals surface area contributed by atoms with Crippen molar-refractivity contribution in [2.45, 2.75) is 13.8 Å². The number of halogens is 1. The molecule has 0 unspecified atom stereocenters. The lowest BCUT2D eigenvalue weighted by Crippen LogP contribution is -2.53. The predicted octanol–water partition coefficient (Wildman–Crippen LogP) is 1.55. The lowest BCUT2D eigenvalue weighted by Gasteiger charge is -2.37. The maximum absolute atomic E-state index is 13.1. The second-order valence-corrected chi connectivity index (χ2v) is 4.63. The Hall–Kier alpha value is -1.91. The van der Waals surface area contributed by atoms with E-state index < -0.39 is 0 Å². The van der Waals surface area contributed by atoms with Crippen LogP contribution < -0.4 is 5.32 Å². The zero-order valence-electron chi connectivity index (χ0n) is 10.4. The fraction of sp³-hybridized carbons (Fsp3) is 0.385. The van der Waals surface area contributed by atoms with Crippen LogP contribution in [0.25, 0.3) is 0 Å². The van der Waals surface area contributed by atoms with Crippen molar-refractivity contribution in [3.05, 3.63) is 29.6 Å². The third kappa shape index (κ3) is 2.67. The normalized spacial score (nSPS) is 15.2. The zero-order chi connectivity index (χ0) is 13.3. The van der Waals surface area contributed by atoms with Crippen LogP contribution in [0.15, 0.2) is 18.2 Å². The van der Waals surface area contributed by atoms with E-state index in [9.17, 15) is 14.0 Å². The van der Waals surface area contributed by atoms with E-state index in [1.54, 1.807) is 17.9 Å². The molecule has 1 aliphatic rings. The SMILES string of the molecule is CC(=O)N1CC(C(=O)Nc2cc(C)cc(F)c2)C1. The average molecular weight is 250 g/mol. The van der Waals surface area contributed by atoms with Crippen LogP contribution in [0.3, 0.4) is 0 Å². The molecule has 1 aromatic carbocycles. The molecule has 2 amide bonds. The second-order valence-electron chi connectivity index (χ2n) is 4.63. The summed E-state index contributed by atoms with van der Waals surface area (Å²) in [4.78, 5) is 24.4. The van der Waals surface area contributed by atoms with E-state index in [0.717, 1.165) is 5.56 Å². The standard InChI is InChI=1S/C13H15FN2O2/c1-8-3-11(14)5-12(4-8)15-13(18)10-6-16(7-10)9(2)17/h3-5,10H,6-7H2,1-2H3,(H,15,18). The lowest BCUT2D eigenvalue weighted by molar-refractivity contribution is -0.139. The number of hydrogen-bond acceptors (Lipinski definition) is 2. The fourth-order valence-electron chi connectivity index (χ4n) is 1.95. The van der Waals surface area contributed by atoms with Gasteiger partial charge in [0, 0.05) is 25.7 Å². The topological polar surface area (TPSA) is 49.4 Å². The minimum absolute atomic E-state index is 0.0272. The maximum Gasteiger partial charge on any atom is 0.231 e. The molecule has 1 heterocycles. The summed E-state index contributed by atoms with van der Waals surface area (Å²) in [6.45, 7) is 4.12. The smallest absolute Gasteiger partial charge is 0.231 e. The first-order valence-corrected chi connectivity index (χ1v) is 5.79. The molecule has 0 aliphatic carbocycles. The van der Waals surface area contributed by atoms with Crippen LogP contribution in [0.1, 0.15) is 12.5 Å². The summed E-state index contributed by atoms with van der Waals surface area (Å²) in [6, 6.07) is 4.39. The molecule has 0 spiro atoms. The van der Waals surface area contributed by atoms with E-state index in [1.165, 1.54) is 19.1 Å². The van der Waals surface area contributed by atoms with Crippen molar-refractivity contribution in [1.82, 2.24) is 4.90 Å². The molecule has 4 nitrogen and oxygen atoms in total. The zero-order valence-corrected chi connectivity index (χ0v) is 10.4. The molecule has 1 N–H and O–H groups in total. The monoisotopic (exact) mass is 250 g/mol. The molecule has 1 aromatic rings. The number of rotatable bonds is 2. The first-order chi connectivity index (χ1) is 8.45. The van der Waals surface area contributed by atoms with E-state index in [1.807, 2.05) is 0 Å². The maximum atomic E-state index is 13.1. The molecule has 2 rings (SSSR count).